The molecule has 6 heteroatoms. The standard InChI is InChI=1S/C20H20N4O2/c1-26-19-4-2-15(3-5-19)11-23-18-10-17(13-22-14-18)20(25)24-12-16-6-8-21-9-7-16/h2-10,13-14,23H,11-12H2,1H3,(H,24,25). The second kappa shape index (κ2) is 8.62. The number of hydrogen-bond donors (Lipinski definition) is 2. The molecule has 3 rings (SSSR count). The molecule has 26 heavy (non-hydrogen) atoms. The summed E-state index contributed by atoms with van der Waals surface area (Å²) in [5.41, 5.74) is 3.41. The minimum absolute atomic E-state index is 0.164. The van der Waals surface area contributed by atoms with Gasteiger partial charge in [0, 0.05) is 37.9 Å². The summed E-state index contributed by atoms with van der Waals surface area (Å²) in [6.45, 7) is 1.08. The molecule has 1 amide bonds. The van der Waals surface area contributed by atoms with Crippen LogP contribution in [0, 0.1) is 0 Å². The number of nitrogens with zero attached hydrogens (tertiary/aromatic N) is 2. The van der Waals surface area contributed by atoms with Crippen LogP contribution in [-0.2, 0) is 13.1 Å². The Morgan fingerprint density at radius 3 is 2.42 bits per heavy atom. The van der Waals surface area contributed by atoms with Gasteiger partial charge in [-0.2, -0.15) is 0 Å². The Balaban J connectivity index is 1.57. The maximum Gasteiger partial charge on any atom is 0.253 e. The number of methoxy groups -OCH3 is 1. The zero-order chi connectivity index (χ0) is 18.2. The first-order valence-electron chi connectivity index (χ1n) is 8.23. The molecule has 0 spiro atoms. The molecule has 0 aliphatic heterocycles. The van der Waals surface area contributed by atoms with Crippen LogP contribution in [0.3, 0.4) is 0 Å². The van der Waals surface area contributed by atoms with Gasteiger partial charge in [-0.25, -0.2) is 0 Å². The first-order chi connectivity index (χ1) is 12.7. The molecule has 6 nitrogen and oxygen atoms in total. The van der Waals surface area contributed by atoms with Crippen LogP contribution in [0.1, 0.15) is 21.5 Å². The van der Waals surface area contributed by atoms with E-state index >= 15 is 0 Å². The molecule has 1 aromatic carbocycles. The van der Waals surface area contributed by atoms with E-state index in [-0.39, 0.29) is 5.91 Å². The van der Waals surface area contributed by atoms with Gasteiger partial charge in [0.25, 0.3) is 5.91 Å². The molecule has 2 aromatic heterocycles. The van der Waals surface area contributed by atoms with Crippen LogP contribution >= 0.6 is 0 Å². The molecule has 0 saturated heterocycles. The molecule has 0 radical (unpaired) electrons. The average molecular weight is 348 g/mol. The molecular weight excluding hydrogens is 328 g/mol. The van der Waals surface area contributed by atoms with Crippen molar-refractivity contribution in [3.05, 3.63) is 83.9 Å². The van der Waals surface area contributed by atoms with Gasteiger partial charge in [0.1, 0.15) is 5.75 Å². The van der Waals surface area contributed by atoms with E-state index in [1.165, 1.54) is 0 Å². The van der Waals surface area contributed by atoms with E-state index in [1.807, 2.05) is 36.4 Å². The number of aromatic nitrogens is 2. The normalized spacial score (nSPS) is 10.2. The number of carbonyl (C=O) groups is 1. The second-order valence-electron chi connectivity index (χ2n) is 5.70. The van der Waals surface area contributed by atoms with Gasteiger partial charge in [-0.1, -0.05) is 12.1 Å². The highest BCUT2D eigenvalue weighted by Gasteiger charge is 2.07. The van der Waals surface area contributed by atoms with E-state index in [0.29, 0.717) is 18.7 Å². The van der Waals surface area contributed by atoms with E-state index in [1.54, 1.807) is 38.0 Å². The van der Waals surface area contributed by atoms with Crippen molar-refractivity contribution >= 4 is 11.6 Å². The Morgan fingerprint density at radius 1 is 0.962 bits per heavy atom. The molecule has 0 fully saturated rings. The molecule has 0 saturated carbocycles. The van der Waals surface area contributed by atoms with Gasteiger partial charge >= 0.3 is 0 Å². The highest BCUT2D eigenvalue weighted by atomic mass is 16.5. The van der Waals surface area contributed by atoms with Crippen molar-refractivity contribution in [3.63, 3.8) is 0 Å². The predicted molar refractivity (Wildman–Crippen MR) is 100.0 cm³/mol. The van der Waals surface area contributed by atoms with Crippen molar-refractivity contribution in [2.24, 2.45) is 0 Å². The molecule has 0 aliphatic carbocycles. The van der Waals surface area contributed by atoms with Crippen molar-refractivity contribution in [3.8, 4) is 5.75 Å². The fraction of sp³-hybridized carbons (Fsp3) is 0.150. The number of hydrogen-bond acceptors (Lipinski definition) is 5. The first-order valence-corrected chi connectivity index (χ1v) is 8.23. The lowest BCUT2D eigenvalue weighted by molar-refractivity contribution is 0.0950. The zero-order valence-corrected chi connectivity index (χ0v) is 14.5. The van der Waals surface area contributed by atoms with Crippen LogP contribution in [0.25, 0.3) is 0 Å². The lowest BCUT2D eigenvalue weighted by Crippen LogP contribution is -2.23. The van der Waals surface area contributed by atoms with Crippen LogP contribution in [0.5, 0.6) is 5.75 Å². The van der Waals surface area contributed by atoms with Gasteiger partial charge in [-0.15, -0.1) is 0 Å². The minimum Gasteiger partial charge on any atom is -0.497 e. The summed E-state index contributed by atoms with van der Waals surface area (Å²) in [4.78, 5) is 20.4. The van der Waals surface area contributed by atoms with Crippen LogP contribution in [0.2, 0.25) is 0 Å². The quantitative estimate of drug-likeness (QED) is 0.686. The Hall–Kier alpha value is -3.41. The number of nitrogens with one attached hydrogen (secondary N) is 2. The van der Waals surface area contributed by atoms with Crippen molar-refractivity contribution in [2.75, 3.05) is 12.4 Å². The Bertz CT molecular complexity index is 851. The molecule has 3 aromatic rings. The van der Waals surface area contributed by atoms with Gasteiger partial charge in [-0.05, 0) is 41.5 Å². The molecule has 0 aliphatic rings. The van der Waals surface area contributed by atoms with Crippen LogP contribution in [0.15, 0.2) is 67.3 Å². The minimum atomic E-state index is -0.164. The summed E-state index contributed by atoms with van der Waals surface area (Å²) >= 11 is 0. The molecule has 0 bridgehead atoms. The lowest BCUT2D eigenvalue weighted by Gasteiger charge is -2.09. The van der Waals surface area contributed by atoms with Crippen LogP contribution in [0.4, 0.5) is 5.69 Å². The lowest BCUT2D eigenvalue weighted by atomic mass is 10.2. The third-order valence-electron chi connectivity index (χ3n) is 3.86. The van der Waals surface area contributed by atoms with Crippen molar-refractivity contribution in [1.82, 2.24) is 15.3 Å². The van der Waals surface area contributed by atoms with Gasteiger partial charge < -0.3 is 15.4 Å². The highest BCUT2D eigenvalue weighted by molar-refractivity contribution is 5.94. The third-order valence-corrected chi connectivity index (χ3v) is 3.86. The Kier molecular flexibility index (Phi) is 5.77. The summed E-state index contributed by atoms with van der Waals surface area (Å²) < 4.78 is 5.15. The summed E-state index contributed by atoms with van der Waals surface area (Å²) in [6.07, 6.45) is 6.66. The number of pyridine rings is 2. The molecule has 0 unspecified atom stereocenters. The van der Waals surface area contributed by atoms with E-state index in [4.69, 9.17) is 4.74 Å². The van der Waals surface area contributed by atoms with Gasteiger partial charge in [0.2, 0.25) is 0 Å². The topological polar surface area (TPSA) is 76.1 Å². The Morgan fingerprint density at radius 2 is 1.69 bits per heavy atom. The predicted octanol–water partition coefficient (Wildman–Crippen LogP) is 3.03. The summed E-state index contributed by atoms with van der Waals surface area (Å²) in [5.74, 6) is 0.658. The van der Waals surface area contributed by atoms with E-state index in [2.05, 4.69) is 20.6 Å². The highest BCUT2D eigenvalue weighted by Crippen LogP contribution is 2.14. The van der Waals surface area contributed by atoms with Gasteiger partial charge in [0.15, 0.2) is 0 Å². The molecule has 132 valence electrons. The maximum absolute atomic E-state index is 12.3. The number of anilines is 1. The van der Waals surface area contributed by atoms with Gasteiger partial charge in [0.05, 0.1) is 18.4 Å². The fourth-order valence-corrected chi connectivity index (χ4v) is 2.39. The monoisotopic (exact) mass is 348 g/mol. The van der Waals surface area contributed by atoms with Crippen molar-refractivity contribution in [2.45, 2.75) is 13.1 Å². The second-order valence-corrected chi connectivity index (χ2v) is 5.70. The summed E-state index contributed by atoms with van der Waals surface area (Å²) in [6, 6.07) is 13.3. The number of ether oxygens (including phenoxy) is 1. The molecule has 2 N–H and O–H groups in total. The molecule has 2 heterocycles. The SMILES string of the molecule is COc1ccc(CNc2cncc(C(=O)NCc3ccncc3)c2)cc1. The maximum atomic E-state index is 12.3. The largest absolute Gasteiger partial charge is 0.497 e. The fourth-order valence-electron chi connectivity index (χ4n) is 2.39. The zero-order valence-electron chi connectivity index (χ0n) is 14.5. The molecule has 0 atom stereocenters. The Labute approximate surface area is 152 Å². The van der Waals surface area contributed by atoms with Crippen LogP contribution in [-0.4, -0.2) is 23.0 Å². The number of benzene rings is 1. The number of amides is 1. The van der Waals surface area contributed by atoms with Crippen molar-refractivity contribution in [1.29, 1.82) is 0 Å². The van der Waals surface area contributed by atoms with Crippen LogP contribution < -0.4 is 15.4 Å². The third kappa shape index (κ3) is 4.80. The number of rotatable bonds is 7. The smallest absolute Gasteiger partial charge is 0.253 e. The number of carbonyl (C=O) groups excluding carboxylic acids is 1. The first kappa shape index (κ1) is 17.4. The summed E-state index contributed by atoms with van der Waals surface area (Å²) in [5, 5.41) is 6.16. The van der Waals surface area contributed by atoms with Gasteiger partial charge in [-0.3, -0.25) is 14.8 Å². The van der Waals surface area contributed by atoms with E-state index < -0.39 is 0 Å². The summed E-state index contributed by atoms with van der Waals surface area (Å²) in [7, 11) is 1.64. The molecular formula is C20H20N4O2. The van der Waals surface area contributed by atoms with Crippen molar-refractivity contribution < 1.29 is 9.53 Å². The van der Waals surface area contributed by atoms with E-state index in [9.17, 15) is 4.79 Å². The average Bonchev–Trinajstić information content (AvgIpc) is 2.72. The van der Waals surface area contributed by atoms with E-state index in [0.717, 1.165) is 22.6 Å².